The van der Waals surface area contributed by atoms with Crippen LogP contribution in [-0.2, 0) is 21.2 Å². The number of benzene rings is 2. The van der Waals surface area contributed by atoms with Gasteiger partial charge in [-0.15, -0.1) is 0 Å². The Balaban J connectivity index is 1.54. The molecule has 158 valence electrons. The molecule has 2 aliphatic heterocycles. The molecule has 0 aliphatic carbocycles. The highest BCUT2D eigenvalue weighted by Crippen LogP contribution is 2.35. The average Bonchev–Trinajstić information content (AvgIpc) is 3.31. The van der Waals surface area contributed by atoms with Crippen LogP contribution >= 0.6 is 0 Å². The first-order chi connectivity index (χ1) is 14.3. The van der Waals surface area contributed by atoms with Crippen molar-refractivity contribution in [1.29, 1.82) is 0 Å². The highest BCUT2D eigenvalue weighted by Gasteiger charge is 2.36. The van der Waals surface area contributed by atoms with E-state index in [0.717, 1.165) is 12.0 Å². The molecule has 0 aromatic heterocycles. The maximum absolute atomic E-state index is 13.2. The molecule has 7 nitrogen and oxygen atoms in total. The lowest BCUT2D eigenvalue weighted by Gasteiger charge is -2.25. The lowest BCUT2D eigenvalue weighted by atomic mass is 10.1. The summed E-state index contributed by atoms with van der Waals surface area (Å²) in [6, 6.07) is 13.6. The van der Waals surface area contributed by atoms with Gasteiger partial charge < -0.3 is 10.2 Å². The van der Waals surface area contributed by atoms with Crippen molar-refractivity contribution >= 4 is 33.2 Å². The highest BCUT2D eigenvalue weighted by atomic mass is 32.2. The molecule has 0 bridgehead atoms. The van der Waals surface area contributed by atoms with Gasteiger partial charge in [0.15, 0.2) is 0 Å². The minimum Gasteiger partial charge on any atom is -0.327 e. The molecule has 1 N–H and O–H groups in total. The third-order valence-corrected chi connectivity index (χ3v) is 6.97. The molecule has 1 saturated heterocycles. The fourth-order valence-corrected chi connectivity index (χ4v) is 5.70. The van der Waals surface area contributed by atoms with Crippen LogP contribution in [0.5, 0.6) is 0 Å². The van der Waals surface area contributed by atoms with Crippen molar-refractivity contribution in [3.63, 3.8) is 0 Å². The predicted octanol–water partition coefficient (Wildman–Crippen LogP) is 2.64. The van der Waals surface area contributed by atoms with E-state index in [1.165, 1.54) is 10.6 Å². The summed E-state index contributed by atoms with van der Waals surface area (Å²) in [6.07, 6.45) is 3.13. The van der Waals surface area contributed by atoms with E-state index in [9.17, 15) is 18.0 Å². The number of carbonyl (C=O) groups is 2. The average molecular weight is 428 g/mol. The second-order valence-corrected chi connectivity index (χ2v) is 9.83. The molecular weight excluding hydrogens is 402 g/mol. The summed E-state index contributed by atoms with van der Waals surface area (Å²) in [5.74, 6) is -0.390. The first kappa shape index (κ1) is 20.4. The van der Waals surface area contributed by atoms with E-state index in [-0.39, 0.29) is 17.9 Å². The maximum atomic E-state index is 13.2. The zero-order valence-corrected chi connectivity index (χ0v) is 17.9. The predicted molar refractivity (Wildman–Crippen MR) is 116 cm³/mol. The number of anilines is 2. The maximum Gasteiger partial charge on any atom is 0.254 e. The smallest absolute Gasteiger partial charge is 0.254 e. The van der Waals surface area contributed by atoms with E-state index in [2.05, 4.69) is 5.32 Å². The molecular formula is C22H25N3O4S. The number of hydrogen-bond acceptors (Lipinski definition) is 4. The fourth-order valence-electron chi connectivity index (χ4n) is 4.44. The van der Waals surface area contributed by atoms with Crippen molar-refractivity contribution in [2.24, 2.45) is 0 Å². The number of amides is 2. The molecule has 2 heterocycles. The molecule has 4 rings (SSSR count). The Hall–Kier alpha value is -2.87. The molecule has 2 atom stereocenters. The van der Waals surface area contributed by atoms with Crippen molar-refractivity contribution < 1.29 is 18.0 Å². The van der Waals surface area contributed by atoms with Crippen molar-refractivity contribution in [1.82, 2.24) is 4.90 Å². The molecule has 2 aliphatic rings. The number of likely N-dealkylation sites (tertiary alicyclic amines) is 1. The molecule has 8 heteroatoms. The molecule has 0 saturated carbocycles. The van der Waals surface area contributed by atoms with Crippen LogP contribution in [0.3, 0.4) is 0 Å². The van der Waals surface area contributed by atoms with Crippen molar-refractivity contribution in [2.75, 3.05) is 22.4 Å². The van der Waals surface area contributed by atoms with Gasteiger partial charge in [-0.25, -0.2) is 8.42 Å². The first-order valence-electron chi connectivity index (χ1n) is 10.0. The monoisotopic (exact) mass is 427 g/mol. The summed E-state index contributed by atoms with van der Waals surface area (Å²) >= 11 is 0. The number of carbonyl (C=O) groups excluding carboxylic acids is 2. The largest absolute Gasteiger partial charge is 0.327 e. The Labute approximate surface area is 176 Å². The lowest BCUT2D eigenvalue weighted by Crippen LogP contribution is -2.43. The van der Waals surface area contributed by atoms with E-state index in [1.54, 1.807) is 23.1 Å². The van der Waals surface area contributed by atoms with E-state index in [0.29, 0.717) is 36.3 Å². The normalized spacial score (nSPS) is 20.9. The Morgan fingerprint density at radius 3 is 2.53 bits per heavy atom. The van der Waals surface area contributed by atoms with Crippen molar-refractivity contribution in [3.05, 3.63) is 59.7 Å². The van der Waals surface area contributed by atoms with Gasteiger partial charge in [0, 0.05) is 23.8 Å². The van der Waals surface area contributed by atoms with Gasteiger partial charge in [-0.3, -0.25) is 13.9 Å². The molecule has 0 spiro atoms. The number of sulfonamides is 1. The molecule has 30 heavy (non-hydrogen) atoms. The van der Waals surface area contributed by atoms with Crippen LogP contribution in [-0.4, -0.2) is 50.0 Å². The standard InChI is InChI=1S/C22H25N3O4S/c1-15-13-17-14-16(10-11-19(17)25(15)30(2,28)29)22(27)24-12-6-9-20(24)21(26)23-18-7-4-3-5-8-18/h3-5,7-8,10-11,14-15,20H,6,9,12-13H2,1-2H3,(H,23,26). The summed E-state index contributed by atoms with van der Waals surface area (Å²) in [7, 11) is -3.38. The van der Waals surface area contributed by atoms with Gasteiger partial charge in [-0.1, -0.05) is 18.2 Å². The van der Waals surface area contributed by atoms with Crippen LogP contribution in [0.4, 0.5) is 11.4 Å². The van der Waals surface area contributed by atoms with Gasteiger partial charge in [-0.2, -0.15) is 0 Å². The van der Waals surface area contributed by atoms with Crippen LogP contribution in [0, 0.1) is 0 Å². The molecule has 2 unspecified atom stereocenters. The second kappa shape index (κ2) is 7.75. The highest BCUT2D eigenvalue weighted by molar-refractivity contribution is 7.92. The third kappa shape index (κ3) is 3.79. The van der Waals surface area contributed by atoms with Crippen LogP contribution in [0.2, 0.25) is 0 Å². The number of rotatable bonds is 4. The Morgan fingerprint density at radius 2 is 1.83 bits per heavy atom. The Bertz CT molecular complexity index is 1080. The van der Waals surface area contributed by atoms with Crippen molar-refractivity contribution in [3.8, 4) is 0 Å². The SMILES string of the molecule is CC1Cc2cc(C(=O)N3CCCC3C(=O)Nc3ccccc3)ccc2N1S(C)(=O)=O. The summed E-state index contributed by atoms with van der Waals surface area (Å²) < 4.78 is 25.6. The summed E-state index contributed by atoms with van der Waals surface area (Å²) in [5, 5.41) is 2.88. The van der Waals surface area contributed by atoms with E-state index in [1.807, 2.05) is 37.3 Å². The van der Waals surface area contributed by atoms with Gasteiger partial charge in [0.1, 0.15) is 6.04 Å². The number of fused-ring (bicyclic) bond motifs is 1. The van der Waals surface area contributed by atoms with Gasteiger partial charge in [0.25, 0.3) is 5.91 Å². The molecule has 2 amide bonds. The van der Waals surface area contributed by atoms with E-state index in [4.69, 9.17) is 0 Å². The first-order valence-corrected chi connectivity index (χ1v) is 11.9. The Kier molecular flexibility index (Phi) is 5.27. The zero-order valence-electron chi connectivity index (χ0n) is 17.0. The Morgan fingerprint density at radius 1 is 1.10 bits per heavy atom. The molecule has 0 radical (unpaired) electrons. The van der Waals surface area contributed by atoms with Crippen LogP contribution in [0.15, 0.2) is 48.5 Å². The quantitative estimate of drug-likeness (QED) is 0.813. The van der Waals surface area contributed by atoms with E-state index >= 15 is 0 Å². The number of para-hydroxylation sites is 1. The summed E-state index contributed by atoms with van der Waals surface area (Å²) in [4.78, 5) is 27.6. The summed E-state index contributed by atoms with van der Waals surface area (Å²) in [5.41, 5.74) is 2.65. The summed E-state index contributed by atoms with van der Waals surface area (Å²) in [6.45, 7) is 2.38. The van der Waals surface area contributed by atoms with Crippen molar-refractivity contribution in [2.45, 2.75) is 38.3 Å². The van der Waals surface area contributed by atoms with E-state index < -0.39 is 16.1 Å². The van der Waals surface area contributed by atoms with Gasteiger partial charge >= 0.3 is 0 Å². The van der Waals surface area contributed by atoms with Gasteiger partial charge in [-0.05, 0) is 62.1 Å². The number of hydrogen-bond donors (Lipinski definition) is 1. The fraction of sp³-hybridized carbons (Fsp3) is 0.364. The van der Waals surface area contributed by atoms with Gasteiger partial charge in [0.05, 0.1) is 11.9 Å². The number of nitrogens with one attached hydrogen (secondary N) is 1. The van der Waals surface area contributed by atoms with Crippen LogP contribution in [0.25, 0.3) is 0 Å². The van der Waals surface area contributed by atoms with Gasteiger partial charge in [0.2, 0.25) is 15.9 Å². The second-order valence-electron chi connectivity index (χ2n) is 7.97. The zero-order chi connectivity index (χ0) is 21.5. The minimum atomic E-state index is -3.38. The minimum absolute atomic E-state index is 0.184. The van der Waals surface area contributed by atoms with Crippen LogP contribution in [0.1, 0.15) is 35.7 Å². The third-order valence-electron chi connectivity index (χ3n) is 5.69. The lowest BCUT2D eigenvalue weighted by molar-refractivity contribution is -0.119. The van der Waals surface area contributed by atoms with Crippen LogP contribution < -0.4 is 9.62 Å². The molecule has 2 aromatic carbocycles. The molecule has 2 aromatic rings. The molecule has 1 fully saturated rings. The number of nitrogens with zero attached hydrogens (tertiary/aromatic N) is 2. The topological polar surface area (TPSA) is 86.8 Å².